The van der Waals surface area contributed by atoms with Gasteiger partial charge in [-0.15, -0.1) is 0 Å². The van der Waals surface area contributed by atoms with Crippen LogP contribution in [-0.4, -0.2) is 72.8 Å². The van der Waals surface area contributed by atoms with Crippen molar-refractivity contribution in [1.29, 1.82) is 0 Å². The number of benzene rings is 3. The number of rotatable bonds is 14. The summed E-state index contributed by atoms with van der Waals surface area (Å²) in [5.74, 6) is -0.241. The van der Waals surface area contributed by atoms with Crippen LogP contribution >= 0.6 is 0 Å². The highest BCUT2D eigenvalue weighted by Crippen LogP contribution is 2.32. The van der Waals surface area contributed by atoms with Gasteiger partial charge < -0.3 is 18.7 Å². The predicted molar refractivity (Wildman–Crippen MR) is 146 cm³/mol. The molecular formula is C26H28N3O11S+. The first-order valence-corrected chi connectivity index (χ1v) is 13.8. The molecule has 0 saturated carbocycles. The third-order valence-electron chi connectivity index (χ3n) is 5.78. The molecule has 0 fully saturated rings. The molecule has 14 nitrogen and oxygen atoms in total. The van der Waals surface area contributed by atoms with Crippen molar-refractivity contribution in [3.63, 3.8) is 0 Å². The lowest BCUT2D eigenvalue weighted by atomic mass is 10.2. The highest BCUT2D eigenvalue weighted by molar-refractivity contribution is 7.85. The first-order valence-electron chi connectivity index (χ1n) is 12.1. The number of likely N-dealkylation sites (N-methyl/N-ethyl adjacent to an activating group) is 1. The number of nitro groups is 2. The number of carbonyl (C=O) groups is 1. The molecule has 41 heavy (non-hydrogen) atoms. The Bertz CT molecular complexity index is 1430. The summed E-state index contributed by atoms with van der Waals surface area (Å²) >= 11 is 0. The third kappa shape index (κ3) is 10.1. The van der Waals surface area contributed by atoms with Crippen LogP contribution < -0.4 is 9.47 Å². The summed E-state index contributed by atoms with van der Waals surface area (Å²) in [4.78, 5) is 33.7. The molecule has 3 aromatic carbocycles. The van der Waals surface area contributed by atoms with Crippen molar-refractivity contribution >= 4 is 27.5 Å². The summed E-state index contributed by atoms with van der Waals surface area (Å²) in [5, 5.41) is 21.9. The standard InChI is InChI=1S/C26H27N3O11S/c1-29(2,12-3-15-41(35,36)37)13-14-38-26(30)19-16-24(39-22-8-4-20(5-9-22)27(31)32)18-25(17-19)40-23-10-6-21(7-11-23)28(33)34/h4-11,16-18H,3,12-15H2,1-2H3/p+1. The van der Waals surface area contributed by atoms with Crippen LogP contribution in [0.3, 0.4) is 0 Å². The molecule has 0 aromatic heterocycles. The number of quaternary nitrogens is 1. The maximum atomic E-state index is 12.9. The average Bonchev–Trinajstić information content (AvgIpc) is 2.88. The van der Waals surface area contributed by atoms with Gasteiger partial charge in [-0.05, 0) is 36.4 Å². The van der Waals surface area contributed by atoms with E-state index in [4.69, 9.17) is 18.8 Å². The Labute approximate surface area is 235 Å². The minimum atomic E-state index is -4.06. The maximum absolute atomic E-state index is 12.9. The topological polar surface area (TPSA) is 185 Å². The molecule has 0 aliphatic carbocycles. The fourth-order valence-electron chi connectivity index (χ4n) is 3.61. The Morgan fingerprint density at radius 2 is 1.27 bits per heavy atom. The Morgan fingerprint density at radius 1 is 0.805 bits per heavy atom. The molecule has 0 unspecified atom stereocenters. The SMILES string of the molecule is C[N+](C)(CCCS(=O)(=O)O)CCOC(=O)c1cc(Oc2ccc([N+](=O)[O-])cc2)cc(Oc2ccc([N+](=O)[O-])cc2)c1. The zero-order valence-electron chi connectivity index (χ0n) is 22.2. The maximum Gasteiger partial charge on any atom is 0.338 e. The third-order valence-corrected chi connectivity index (χ3v) is 6.58. The molecule has 0 bridgehead atoms. The summed E-state index contributed by atoms with van der Waals surface area (Å²) in [6.45, 7) is 0.787. The number of nitro benzene ring substituents is 2. The van der Waals surface area contributed by atoms with Gasteiger partial charge in [-0.25, -0.2) is 4.79 Å². The fourth-order valence-corrected chi connectivity index (χ4v) is 4.10. The van der Waals surface area contributed by atoms with Crippen molar-refractivity contribution in [2.45, 2.75) is 6.42 Å². The van der Waals surface area contributed by atoms with Crippen LogP contribution in [0.5, 0.6) is 23.0 Å². The summed E-state index contributed by atoms with van der Waals surface area (Å²) in [6.07, 6.45) is 0.227. The Hall–Kier alpha value is -4.60. The number of ether oxygens (including phenoxy) is 3. The number of non-ortho nitro benzene ring substituents is 2. The Balaban J connectivity index is 1.76. The van der Waals surface area contributed by atoms with Crippen LogP contribution in [0.2, 0.25) is 0 Å². The van der Waals surface area contributed by atoms with E-state index in [9.17, 15) is 33.4 Å². The molecule has 0 atom stereocenters. The van der Waals surface area contributed by atoms with Crippen molar-refractivity contribution in [3.8, 4) is 23.0 Å². The van der Waals surface area contributed by atoms with Crippen LogP contribution in [0.25, 0.3) is 0 Å². The summed E-state index contributed by atoms with van der Waals surface area (Å²) in [6, 6.07) is 14.9. The van der Waals surface area contributed by atoms with Gasteiger partial charge in [-0.3, -0.25) is 24.8 Å². The van der Waals surface area contributed by atoms with Crippen molar-refractivity contribution in [3.05, 3.63) is 92.5 Å². The zero-order valence-corrected chi connectivity index (χ0v) is 23.0. The second-order valence-electron chi connectivity index (χ2n) is 9.56. The van der Waals surface area contributed by atoms with Crippen LogP contribution in [-0.2, 0) is 14.9 Å². The Kier molecular flexibility index (Phi) is 9.94. The second-order valence-corrected chi connectivity index (χ2v) is 11.1. The number of esters is 1. The van der Waals surface area contributed by atoms with Gasteiger partial charge in [0.25, 0.3) is 21.5 Å². The van der Waals surface area contributed by atoms with Crippen LogP contribution in [0.1, 0.15) is 16.8 Å². The number of hydrogen-bond donors (Lipinski definition) is 1. The highest BCUT2D eigenvalue weighted by atomic mass is 32.2. The van der Waals surface area contributed by atoms with E-state index in [1.165, 1.54) is 66.7 Å². The van der Waals surface area contributed by atoms with Gasteiger partial charge in [-0.1, -0.05) is 0 Å². The number of hydrogen-bond acceptors (Lipinski definition) is 10. The molecule has 3 rings (SSSR count). The predicted octanol–water partition coefficient (Wildman–Crippen LogP) is 4.60. The number of nitrogens with zero attached hydrogens (tertiary/aromatic N) is 3. The molecule has 218 valence electrons. The van der Waals surface area contributed by atoms with E-state index in [2.05, 4.69) is 0 Å². The minimum Gasteiger partial charge on any atom is -0.457 e. The lowest BCUT2D eigenvalue weighted by Crippen LogP contribution is -2.43. The lowest BCUT2D eigenvalue weighted by molar-refractivity contribution is -0.890. The minimum absolute atomic E-state index is 0.00366. The van der Waals surface area contributed by atoms with Gasteiger partial charge in [0.05, 0.1) is 41.8 Å². The fraction of sp³-hybridized carbons (Fsp3) is 0.269. The van der Waals surface area contributed by atoms with Gasteiger partial charge in [0, 0.05) is 36.8 Å². The molecule has 0 amide bonds. The van der Waals surface area contributed by atoms with E-state index in [0.29, 0.717) is 17.6 Å². The summed E-state index contributed by atoms with van der Waals surface area (Å²) < 4.78 is 48.2. The summed E-state index contributed by atoms with van der Waals surface area (Å²) in [7, 11) is -0.409. The smallest absolute Gasteiger partial charge is 0.338 e. The van der Waals surface area contributed by atoms with Crippen molar-refractivity contribution in [2.75, 3.05) is 39.5 Å². The molecule has 0 spiro atoms. The van der Waals surface area contributed by atoms with Gasteiger partial charge in [0.2, 0.25) is 0 Å². The molecule has 1 N–H and O–H groups in total. The normalized spacial score (nSPS) is 11.5. The monoisotopic (exact) mass is 590 g/mol. The quantitative estimate of drug-likeness (QED) is 0.0909. The van der Waals surface area contributed by atoms with Crippen molar-refractivity contribution in [1.82, 2.24) is 0 Å². The van der Waals surface area contributed by atoms with E-state index in [-0.39, 0.29) is 58.7 Å². The second kappa shape index (κ2) is 13.2. The van der Waals surface area contributed by atoms with Gasteiger partial charge in [0.1, 0.15) is 36.1 Å². The van der Waals surface area contributed by atoms with E-state index < -0.39 is 25.9 Å². The van der Waals surface area contributed by atoms with E-state index in [1.807, 2.05) is 14.1 Å². The summed E-state index contributed by atoms with van der Waals surface area (Å²) in [5.41, 5.74) is -0.189. The average molecular weight is 591 g/mol. The molecule has 0 aliphatic heterocycles. The molecule has 15 heteroatoms. The molecule has 0 heterocycles. The largest absolute Gasteiger partial charge is 0.457 e. The van der Waals surface area contributed by atoms with Crippen LogP contribution in [0, 0.1) is 20.2 Å². The van der Waals surface area contributed by atoms with E-state index in [1.54, 1.807) is 0 Å². The van der Waals surface area contributed by atoms with E-state index in [0.717, 1.165) is 0 Å². The molecule has 0 saturated heterocycles. The first-order chi connectivity index (χ1) is 19.2. The molecule has 0 radical (unpaired) electrons. The van der Waals surface area contributed by atoms with Crippen LogP contribution in [0.4, 0.5) is 11.4 Å². The van der Waals surface area contributed by atoms with Crippen molar-refractivity contribution < 1.29 is 46.3 Å². The van der Waals surface area contributed by atoms with Gasteiger partial charge in [0.15, 0.2) is 0 Å². The Morgan fingerprint density at radius 3 is 1.68 bits per heavy atom. The number of carbonyl (C=O) groups excluding carboxylic acids is 1. The van der Waals surface area contributed by atoms with Gasteiger partial charge >= 0.3 is 5.97 Å². The lowest BCUT2D eigenvalue weighted by Gasteiger charge is -2.29. The van der Waals surface area contributed by atoms with E-state index >= 15 is 0 Å². The van der Waals surface area contributed by atoms with Gasteiger partial charge in [-0.2, -0.15) is 8.42 Å². The highest BCUT2D eigenvalue weighted by Gasteiger charge is 2.19. The molecular weight excluding hydrogens is 562 g/mol. The first kappa shape index (κ1) is 30.9. The molecule has 0 aliphatic rings. The zero-order chi connectivity index (χ0) is 30.2. The van der Waals surface area contributed by atoms with Crippen LogP contribution in [0.15, 0.2) is 66.7 Å². The van der Waals surface area contributed by atoms with Crippen molar-refractivity contribution in [2.24, 2.45) is 0 Å². The molecule has 3 aromatic rings.